The summed E-state index contributed by atoms with van der Waals surface area (Å²) in [5, 5.41) is 4.05. The molecule has 2 aromatic carbocycles. The Balaban J connectivity index is 1.69. The minimum Gasteiger partial charge on any atom is -0.490 e. The van der Waals surface area contributed by atoms with E-state index in [2.05, 4.69) is 21.2 Å². The summed E-state index contributed by atoms with van der Waals surface area (Å²) in [6.07, 6.45) is 7.80. The van der Waals surface area contributed by atoms with Crippen molar-refractivity contribution in [3.8, 4) is 11.5 Å². The van der Waals surface area contributed by atoms with E-state index < -0.39 is 0 Å². The van der Waals surface area contributed by atoms with Gasteiger partial charge in [0.05, 0.1) is 11.6 Å². The van der Waals surface area contributed by atoms with Crippen molar-refractivity contribution in [2.75, 3.05) is 6.61 Å². The van der Waals surface area contributed by atoms with Crippen LogP contribution in [0.1, 0.15) is 56.6 Å². The Morgan fingerprint density at radius 3 is 2.45 bits per heavy atom. The van der Waals surface area contributed by atoms with Gasteiger partial charge in [0, 0.05) is 22.6 Å². The summed E-state index contributed by atoms with van der Waals surface area (Å²) in [7, 11) is 0. The molecule has 3 nitrogen and oxygen atoms in total. The highest BCUT2D eigenvalue weighted by atomic mass is 79.9. The second-order valence-electron chi connectivity index (χ2n) is 7.42. The average molecular weight is 485 g/mol. The van der Waals surface area contributed by atoms with Crippen molar-refractivity contribution < 1.29 is 13.9 Å². The normalized spacial score (nSPS) is 15.2. The molecule has 2 aromatic rings. The van der Waals surface area contributed by atoms with Crippen LogP contribution in [0, 0.1) is 5.82 Å². The number of hydrogen-bond acceptors (Lipinski definition) is 3. The van der Waals surface area contributed by atoms with Crippen LogP contribution in [0.25, 0.3) is 0 Å². The standard InChI is InChI=1S/C23H28BrClFNO2/c1-2-28-22-11-17(14-27-19-7-5-3-4-6-8-19)20(24)13-23(22)29-15-16-9-10-18(26)12-21(16)25/h9-13,19,27H,2-8,14-15H2,1H3. The fourth-order valence-corrected chi connectivity index (χ4v) is 4.31. The third-order valence-corrected chi connectivity index (χ3v) is 6.34. The Kier molecular flexibility index (Phi) is 8.64. The van der Waals surface area contributed by atoms with Crippen LogP contribution in [-0.2, 0) is 13.2 Å². The minimum atomic E-state index is -0.359. The van der Waals surface area contributed by atoms with Gasteiger partial charge >= 0.3 is 0 Å². The Labute approximate surface area is 186 Å². The fraction of sp³-hybridized carbons (Fsp3) is 0.478. The van der Waals surface area contributed by atoms with Crippen LogP contribution in [0.2, 0.25) is 5.02 Å². The third-order valence-electron chi connectivity index (χ3n) is 5.25. The first-order valence-electron chi connectivity index (χ1n) is 10.3. The molecular formula is C23H28BrClFNO2. The van der Waals surface area contributed by atoms with Crippen LogP contribution in [0.15, 0.2) is 34.8 Å². The van der Waals surface area contributed by atoms with E-state index in [1.165, 1.54) is 50.7 Å². The molecule has 1 fully saturated rings. The second kappa shape index (κ2) is 11.2. The van der Waals surface area contributed by atoms with Gasteiger partial charge in [-0.05, 0) is 49.6 Å². The van der Waals surface area contributed by atoms with Gasteiger partial charge in [0.15, 0.2) is 11.5 Å². The lowest BCUT2D eigenvalue weighted by molar-refractivity contribution is 0.268. The molecule has 0 spiro atoms. The maximum atomic E-state index is 13.2. The van der Waals surface area contributed by atoms with E-state index in [0.717, 1.165) is 22.1 Å². The summed E-state index contributed by atoms with van der Waals surface area (Å²) in [5.74, 6) is 0.978. The average Bonchev–Trinajstić information content (AvgIpc) is 2.97. The van der Waals surface area contributed by atoms with Crippen LogP contribution in [-0.4, -0.2) is 12.6 Å². The van der Waals surface area contributed by atoms with E-state index in [4.69, 9.17) is 21.1 Å². The van der Waals surface area contributed by atoms with Gasteiger partial charge in [-0.15, -0.1) is 0 Å². The number of rotatable bonds is 8. The predicted molar refractivity (Wildman–Crippen MR) is 119 cm³/mol. The van der Waals surface area contributed by atoms with E-state index in [-0.39, 0.29) is 12.4 Å². The van der Waals surface area contributed by atoms with Crippen LogP contribution in [0.3, 0.4) is 0 Å². The molecule has 0 heterocycles. The van der Waals surface area contributed by atoms with Crippen molar-refractivity contribution >= 4 is 27.5 Å². The Morgan fingerprint density at radius 1 is 1.03 bits per heavy atom. The topological polar surface area (TPSA) is 30.5 Å². The molecule has 3 rings (SSSR count). The second-order valence-corrected chi connectivity index (χ2v) is 8.68. The van der Waals surface area contributed by atoms with Gasteiger partial charge in [0.2, 0.25) is 0 Å². The van der Waals surface area contributed by atoms with Crippen molar-refractivity contribution in [1.29, 1.82) is 0 Å². The molecular weight excluding hydrogens is 457 g/mol. The van der Waals surface area contributed by atoms with E-state index >= 15 is 0 Å². The zero-order valence-corrected chi connectivity index (χ0v) is 19.1. The molecule has 0 saturated heterocycles. The van der Waals surface area contributed by atoms with E-state index in [1.54, 1.807) is 6.07 Å². The van der Waals surface area contributed by atoms with Crippen molar-refractivity contribution in [2.45, 2.75) is 64.6 Å². The fourth-order valence-electron chi connectivity index (χ4n) is 3.63. The van der Waals surface area contributed by atoms with Gasteiger partial charge in [-0.3, -0.25) is 0 Å². The first kappa shape index (κ1) is 22.4. The number of halogens is 3. The van der Waals surface area contributed by atoms with Gasteiger partial charge in [0.1, 0.15) is 12.4 Å². The van der Waals surface area contributed by atoms with Crippen LogP contribution < -0.4 is 14.8 Å². The summed E-state index contributed by atoms with van der Waals surface area (Å²) >= 11 is 9.78. The smallest absolute Gasteiger partial charge is 0.162 e. The van der Waals surface area contributed by atoms with Crippen LogP contribution in [0.5, 0.6) is 11.5 Å². The van der Waals surface area contributed by atoms with Gasteiger partial charge < -0.3 is 14.8 Å². The maximum absolute atomic E-state index is 13.2. The number of ether oxygens (including phenoxy) is 2. The zero-order valence-electron chi connectivity index (χ0n) is 16.8. The number of benzene rings is 2. The first-order chi connectivity index (χ1) is 14.1. The van der Waals surface area contributed by atoms with Crippen molar-refractivity contribution in [3.05, 3.63) is 56.8 Å². The lowest BCUT2D eigenvalue weighted by atomic mass is 10.1. The summed E-state index contributed by atoms with van der Waals surface area (Å²) < 4.78 is 26.0. The van der Waals surface area contributed by atoms with E-state index in [1.807, 2.05) is 19.1 Å². The molecule has 0 radical (unpaired) electrons. The zero-order chi connectivity index (χ0) is 20.6. The summed E-state index contributed by atoms with van der Waals surface area (Å²) in [5.41, 5.74) is 1.87. The van der Waals surface area contributed by atoms with E-state index in [9.17, 15) is 4.39 Å². The molecule has 0 bridgehead atoms. The molecule has 1 aliphatic carbocycles. The lowest BCUT2D eigenvalue weighted by Gasteiger charge is -2.19. The predicted octanol–water partition coefficient (Wildman–Crippen LogP) is 7.03. The highest BCUT2D eigenvalue weighted by Crippen LogP contribution is 2.35. The molecule has 29 heavy (non-hydrogen) atoms. The van der Waals surface area contributed by atoms with E-state index in [0.29, 0.717) is 29.2 Å². The molecule has 0 aliphatic heterocycles. The molecule has 158 valence electrons. The van der Waals surface area contributed by atoms with Crippen LogP contribution in [0.4, 0.5) is 4.39 Å². The summed E-state index contributed by atoms with van der Waals surface area (Å²) in [4.78, 5) is 0. The monoisotopic (exact) mass is 483 g/mol. The SMILES string of the molecule is CCOc1cc(CNC2CCCCCC2)c(Br)cc1OCc1ccc(F)cc1Cl. The largest absolute Gasteiger partial charge is 0.490 e. The Bertz CT molecular complexity index is 810. The maximum Gasteiger partial charge on any atom is 0.162 e. The molecule has 1 N–H and O–H groups in total. The van der Waals surface area contributed by atoms with Crippen molar-refractivity contribution in [2.24, 2.45) is 0 Å². The molecule has 1 saturated carbocycles. The Morgan fingerprint density at radius 2 is 1.76 bits per heavy atom. The summed E-state index contributed by atoms with van der Waals surface area (Å²) in [6, 6.07) is 8.86. The lowest BCUT2D eigenvalue weighted by Crippen LogP contribution is -2.28. The molecule has 0 aromatic heterocycles. The molecule has 0 unspecified atom stereocenters. The van der Waals surface area contributed by atoms with Gasteiger partial charge in [-0.25, -0.2) is 4.39 Å². The first-order valence-corrected chi connectivity index (χ1v) is 11.5. The Hall–Kier alpha value is -1.30. The highest BCUT2D eigenvalue weighted by Gasteiger charge is 2.15. The molecule has 1 aliphatic rings. The molecule has 6 heteroatoms. The van der Waals surface area contributed by atoms with Crippen molar-refractivity contribution in [3.63, 3.8) is 0 Å². The highest BCUT2D eigenvalue weighted by molar-refractivity contribution is 9.10. The third kappa shape index (κ3) is 6.59. The number of nitrogens with one attached hydrogen (secondary N) is 1. The van der Waals surface area contributed by atoms with Gasteiger partial charge in [-0.1, -0.05) is 59.3 Å². The number of hydrogen-bond donors (Lipinski definition) is 1. The quantitative estimate of drug-likeness (QED) is 0.408. The van der Waals surface area contributed by atoms with Crippen molar-refractivity contribution in [1.82, 2.24) is 5.32 Å². The minimum absolute atomic E-state index is 0.241. The van der Waals surface area contributed by atoms with Crippen LogP contribution >= 0.6 is 27.5 Å². The molecule has 0 atom stereocenters. The van der Waals surface area contributed by atoms with Gasteiger partial charge in [-0.2, -0.15) is 0 Å². The molecule has 0 amide bonds. The van der Waals surface area contributed by atoms with Gasteiger partial charge in [0.25, 0.3) is 0 Å². The summed E-state index contributed by atoms with van der Waals surface area (Å²) in [6.45, 7) is 3.53.